The molecule has 5 N–H and O–H groups in total. The van der Waals surface area contributed by atoms with Crippen molar-refractivity contribution in [3.05, 3.63) is 71.5 Å². The molecule has 1 atom stereocenters. The molecular weight excluding hydrogens is 452 g/mol. The van der Waals surface area contributed by atoms with Gasteiger partial charge in [-0.25, -0.2) is 0 Å². The summed E-state index contributed by atoms with van der Waals surface area (Å²) in [7, 11) is 1.69. The van der Waals surface area contributed by atoms with E-state index in [0.29, 0.717) is 23.6 Å². The number of carbonyl (C=O) groups excluding carboxylic acids is 2. The summed E-state index contributed by atoms with van der Waals surface area (Å²) < 4.78 is 11.2. The first-order valence-corrected chi connectivity index (χ1v) is 11.1. The number of nitrogens with zero attached hydrogens (tertiary/aromatic N) is 1. The van der Waals surface area contributed by atoms with Crippen LogP contribution in [-0.2, 0) is 34.0 Å². The highest BCUT2D eigenvalue weighted by molar-refractivity contribution is 5.80. The quantitative estimate of drug-likeness (QED) is 0.289. The minimum atomic E-state index is -1.01. The van der Waals surface area contributed by atoms with Gasteiger partial charge in [0.2, 0.25) is 11.8 Å². The van der Waals surface area contributed by atoms with Gasteiger partial charge in [0, 0.05) is 24.6 Å². The first-order valence-electron chi connectivity index (χ1n) is 11.1. The molecule has 10 heteroatoms. The van der Waals surface area contributed by atoms with Crippen LogP contribution in [0.1, 0.15) is 29.7 Å². The van der Waals surface area contributed by atoms with E-state index in [0.717, 1.165) is 16.7 Å². The average molecular weight is 481 g/mol. The topological polar surface area (TPSA) is 157 Å². The fourth-order valence-corrected chi connectivity index (χ4v) is 3.32. The van der Waals surface area contributed by atoms with Crippen molar-refractivity contribution in [3.63, 3.8) is 0 Å². The maximum atomic E-state index is 11.7. The lowest BCUT2D eigenvalue weighted by atomic mass is 10.1. The molecule has 0 radical (unpaired) electrons. The maximum Gasteiger partial charge on any atom is 0.303 e. The molecule has 1 aromatic heterocycles. The van der Waals surface area contributed by atoms with Crippen LogP contribution in [0.4, 0.5) is 0 Å². The Bertz CT molecular complexity index is 1160. The highest BCUT2D eigenvalue weighted by Crippen LogP contribution is 2.22. The first-order chi connectivity index (χ1) is 16.8. The second-order valence-corrected chi connectivity index (χ2v) is 7.93. The van der Waals surface area contributed by atoms with E-state index < -0.39 is 17.9 Å². The van der Waals surface area contributed by atoms with E-state index in [1.165, 1.54) is 0 Å². The van der Waals surface area contributed by atoms with Gasteiger partial charge in [0.15, 0.2) is 5.76 Å². The van der Waals surface area contributed by atoms with Gasteiger partial charge < -0.3 is 30.7 Å². The van der Waals surface area contributed by atoms with Gasteiger partial charge >= 0.3 is 5.97 Å². The third kappa shape index (κ3) is 7.97. The van der Waals surface area contributed by atoms with Crippen LogP contribution in [0, 0.1) is 0 Å². The average Bonchev–Trinajstić information content (AvgIpc) is 3.33. The predicted molar refractivity (Wildman–Crippen MR) is 127 cm³/mol. The van der Waals surface area contributed by atoms with Gasteiger partial charge in [0.25, 0.3) is 0 Å². The number of aliphatic carboxylic acids is 1. The van der Waals surface area contributed by atoms with Gasteiger partial charge in [-0.15, -0.1) is 0 Å². The number of nitrogens with one attached hydrogen (secondary N) is 2. The van der Waals surface area contributed by atoms with Gasteiger partial charge in [0.1, 0.15) is 18.1 Å². The fraction of sp³-hybridized carbons (Fsp3) is 0.280. The Balaban J connectivity index is 1.53. The van der Waals surface area contributed by atoms with Crippen molar-refractivity contribution in [2.45, 2.75) is 38.5 Å². The minimum absolute atomic E-state index is 0.0613. The lowest BCUT2D eigenvalue weighted by molar-refractivity contribution is -0.138. The van der Waals surface area contributed by atoms with E-state index in [1.807, 2.05) is 48.5 Å². The molecule has 2 amide bonds. The Labute approximate surface area is 202 Å². The van der Waals surface area contributed by atoms with Crippen LogP contribution >= 0.6 is 0 Å². The summed E-state index contributed by atoms with van der Waals surface area (Å²) in [5, 5.41) is 18.4. The van der Waals surface area contributed by atoms with E-state index >= 15 is 0 Å². The Morgan fingerprint density at radius 1 is 1.09 bits per heavy atom. The highest BCUT2D eigenvalue weighted by atomic mass is 16.5. The minimum Gasteiger partial charge on any atom is -0.486 e. The zero-order chi connectivity index (χ0) is 25.2. The van der Waals surface area contributed by atoms with E-state index in [9.17, 15) is 14.4 Å². The van der Waals surface area contributed by atoms with E-state index in [1.54, 1.807) is 13.1 Å². The van der Waals surface area contributed by atoms with Crippen LogP contribution in [0.5, 0.6) is 5.75 Å². The molecule has 35 heavy (non-hydrogen) atoms. The molecule has 0 aliphatic rings. The largest absolute Gasteiger partial charge is 0.486 e. The molecule has 3 aromatic rings. The summed E-state index contributed by atoms with van der Waals surface area (Å²) in [6, 6.07) is 16.2. The van der Waals surface area contributed by atoms with E-state index in [4.69, 9.17) is 20.1 Å². The molecule has 0 fully saturated rings. The molecule has 0 aliphatic carbocycles. The number of hydrogen-bond donors (Lipinski definition) is 4. The SMILES string of the molecule is CN[C@@H](Cc1ccc(OCc2cc(-c3cccc(CNC(=O)CCC(=O)O)c3)no2)cc1)C(N)=O. The van der Waals surface area contributed by atoms with Gasteiger partial charge in [-0.3, -0.25) is 14.4 Å². The number of hydrogen-bond acceptors (Lipinski definition) is 7. The summed E-state index contributed by atoms with van der Waals surface area (Å²) in [5.41, 5.74) is 8.61. The molecule has 0 spiro atoms. The van der Waals surface area contributed by atoms with Gasteiger partial charge in [-0.05, 0) is 42.8 Å². The summed E-state index contributed by atoms with van der Waals surface area (Å²) in [6.45, 7) is 0.469. The number of carboxylic acid groups (broad SMARTS) is 1. The molecule has 3 rings (SSSR count). The van der Waals surface area contributed by atoms with Crippen LogP contribution < -0.4 is 21.1 Å². The summed E-state index contributed by atoms with van der Waals surface area (Å²) in [5.74, 6) is -0.540. The number of rotatable bonds is 13. The van der Waals surface area contributed by atoms with Crippen LogP contribution in [0.3, 0.4) is 0 Å². The molecule has 1 heterocycles. The lowest BCUT2D eigenvalue weighted by Crippen LogP contribution is -2.40. The zero-order valence-electron chi connectivity index (χ0n) is 19.3. The molecule has 2 aromatic carbocycles. The summed E-state index contributed by atoms with van der Waals surface area (Å²) >= 11 is 0. The van der Waals surface area contributed by atoms with Crippen molar-refractivity contribution in [2.24, 2.45) is 5.73 Å². The van der Waals surface area contributed by atoms with Crippen molar-refractivity contribution in [1.82, 2.24) is 15.8 Å². The number of ether oxygens (including phenoxy) is 1. The number of primary amides is 1. The van der Waals surface area contributed by atoms with E-state index in [2.05, 4.69) is 15.8 Å². The van der Waals surface area contributed by atoms with E-state index in [-0.39, 0.29) is 31.9 Å². The number of carbonyl (C=O) groups is 3. The standard InChI is InChI=1S/C25H28N4O6/c1-27-22(25(26)33)12-16-5-7-19(8-6-16)34-15-20-13-21(29-35-20)18-4-2-3-17(11-18)14-28-23(30)9-10-24(31)32/h2-8,11,13,22,27H,9-10,12,14-15H2,1H3,(H2,26,33)(H,28,30)(H,31,32)/t22-/m0/s1. The van der Waals surface area contributed by atoms with Gasteiger partial charge in [0.05, 0.1) is 12.5 Å². The Morgan fingerprint density at radius 3 is 2.54 bits per heavy atom. The molecule has 0 bridgehead atoms. The number of aromatic nitrogens is 1. The first kappa shape index (κ1) is 25.4. The molecule has 10 nitrogen and oxygen atoms in total. The van der Waals surface area contributed by atoms with Crippen LogP contribution in [-0.4, -0.2) is 41.1 Å². The molecule has 0 saturated heterocycles. The number of benzene rings is 2. The van der Waals surface area contributed by atoms with Crippen molar-refractivity contribution < 1.29 is 28.8 Å². The Kier molecular flexibility index (Phi) is 8.96. The van der Waals surface area contributed by atoms with Gasteiger partial charge in [-0.2, -0.15) is 0 Å². The van der Waals surface area contributed by atoms with Crippen molar-refractivity contribution >= 4 is 17.8 Å². The predicted octanol–water partition coefficient (Wildman–Crippen LogP) is 2.02. The molecule has 0 saturated carbocycles. The molecule has 184 valence electrons. The van der Waals surface area contributed by atoms with Crippen molar-refractivity contribution in [3.8, 4) is 17.0 Å². The number of nitrogens with two attached hydrogens (primary N) is 1. The lowest BCUT2D eigenvalue weighted by Gasteiger charge is -2.12. The van der Waals surface area contributed by atoms with Crippen LogP contribution in [0.25, 0.3) is 11.3 Å². The second kappa shape index (κ2) is 12.3. The monoisotopic (exact) mass is 480 g/mol. The Hall–Kier alpha value is -4.18. The molecule has 0 aliphatic heterocycles. The number of carboxylic acids is 1. The smallest absolute Gasteiger partial charge is 0.303 e. The number of likely N-dealkylation sites (N-methyl/N-ethyl adjacent to an activating group) is 1. The molecular formula is C25H28N4O6. The maximum absolute atomic E-state index is 11.7. The fourth-order valence-electron chi connectivity index (χ4n) is 3.32. The second-order valence-electron chi connectivity index (χ2n) is 7.93. The zero-order valence-corrected chi connectivity index (χ0v) is 19.3. The third-order valence-corrected chi connectivity index (χ3v) is 5.27. The molecule has 0 unspecified atom stereocenters. The Morgan fingerprint density at radius 2 is 1.86 bits per heavy atom. The van der Waals surface area contributed by atoms with Crippen molar-refractivity contribution in [1.29, 1.82) is 0 Å². The van der Waals surface area contributed by atoms with Crippen LogP contribution in [0.15, 0.2) is 59.1 Å². The normalized spacial score (nSPS) is 11.6. The number of amides is 2. The third-order valence-electron chi connectivity index (χ3n) is 5.27. The van der Waals surface area contributed by atoms with Gasteiger partial charge in [-0.1, -0.05) is 35.5 Å². The van der Waals surface area contributed by atoms with Crippen molar-refractivity contribution in [2.75, 3.05) is 7.05 Å². The summed E-state index contributed by atoms with van der Waals surface area (Å²) in [4.78, 5) is 33.7. The highest BCUT2D eigenvalue weighted by Gasteiger charge is 2.13. The summed E-state index contributed by atoms with van der Waals surface area (Å²) in [6.07, 6.45) is 0.225. The van der Waals surface area contributed by atoms with Crippen LogP contribution in [0.2, 0.25) is 0 Å².